The van der Waals surface area contributed by atoms with Gasteiger partial charge in [-0.3, -0.25) is 0 Å². The lowest BCUT2D eigenvalue weighted by atomic mass is 10.0. The maximum atomic E-state index is 12.2. The fourth-order valence-corrected chi connectivity index (χ4v) is 2.32. The van der Waals surface area contributed by atoms with E-state index >= 15 is 0 Å². The zero-order valence-corrected chi connectivity index (χ0v) is 13.3. The first-order chi connectivity index (χ1) is 10.2. The Balaban J connectivity index is 2.29. The van der Waals surface area contributed by atoms with Crippen LogP contribution in [0, 0.1) is 6.92 Å². The Kier molecular flexibility index (Phi) is 4.30. The molecule has 0 unspecified atom stereocenters. The molecule has 0 spiro atoms. The third-order valence-corrected chi connectivity index (χ3v) is 3.22. The van der Waals surface area contributed by atoms with Gasteiger partial charge in [-0.25, -0.2) is 9.59 Å². The summed E-state index contributed by atoms with van der Waals surface area (Å²) in [6.45, 7) is 8.23. The molecule has 1 aliphatic rings. The minimum atomic E-state index is -1.00. The lowest BCUT2D eigenvalue weighted by Gasteiger charge is -2.26. The van der Waals surface area contributed by atoms with Crippen LogP contribution in [-0.2, 0) is 11.3 Å². The van der Waals surface area contributed by atoms with E-state index in [1.807, 2.05) is 0 Å². The van der Waals surface area contributed by atoms with Crippen molar-refractivity contribution in [2.24, 2.45) is 0 Å². The number of carbonyl (C=O) groups excluding carboxylic acids is 1. The van der Waals surface area contributed by atoms with Crippen LogP contribution in [0.5, 0.6) is 5.75 Å². The molecule has 0 radical (unpaired) electrons. The molecule has 1 heterocycles. The van der Waals surface area contributed by atoms with Gasteiger partial charge in [-0.05, 0) is 45.4 Å². The SMILES string of the molecule is Cc1cc(C(=O)O)cc2c1OCCN(C(=O)OC(C)(C)C)C2. The number of fused-ring (bicyclic) bond motifs is 1. The van der Waals surface area contributed by atoms with E-state index < -0.39 is 17.7 Å². The Labute approximate surface area is 129 Å². The molecular formula is C16H21NO5. The van der Waals surface area contributed by atoms with Gasteiger partial charge in [0.1, 0.15) is 18.0 Å². The number of hydrogen-bond acceptors (Lipinski definition) is 4. The molecule has 2 rings (SSSR count). The van der Waals surface area contributed by atoms with Gasteiger partial charge in [0.2, 0.25) is 0 Å². The maximum Gasteiger partial charge on any atom is 0.410 e. The first-order valence-corrected chi connectivity index (χ1v) is 7.15. The predicted molar refractivity (Wildman–Crippen MR) is 80.3 cm³/mol. The van der Waals surface area contributed by atoms with Crippen LogP contribution in [-0.4, -0.2) is 40.8 Å². The van der Waals surface area contributed by atoms with Crippen LogP contribution in [0.15, 0.2) is 12.1 Å². The van der Waals surface area contributed by atoms with Crippen molar-refractivity contribution in [3.8, 4) is 5.75 Å². The Morgan fingerprint density at radius 1 is 1.32 bits per heavy atom. The van der Waals surface area contributed by atoms with Crippen LogP contribution >= 0.6 is 0 Å². The summed E-state index contributed by atoms with van der Waals surface area (Å²) in [6, 6.07) is 3.12. The number of benzene rings is 1. The number of aromatic carboxylic acids is 1. The minimum absolute atomic E-state index is 0.186. The van der Waals surface area contributed by atoms with Crippen LogP contribution in [0.25, 0.3) is 0 Å². The minimum Gasteiger partial charge on any atom is -0.491 e. The first-order valence-electron chi connectivity index (χ1n) is 7.15. The summed E-state index contributed by atoms with van der Waals surface area (Å²) < 4.78 is 11.1. The molecule has 1 aliphatic heterocycles. The Bertz CT molecular complexity index is 603. The summed E-state index contributed by atoms with van der Waals surface area (Å²) in [5, 5.41) is 9.16. The normalized spacial score (nSPS) is 14.6. The van der Waals surface area contributed by atoms with Gasteiger partial charge >= 0.3 is 12.1 Å². The molecule has 1 aromatic rings. The number of nitrogens with zero attached hydrogens (tertiary/aromatic N) is 1. The highest BCUT2D eigenvalue weighted by molar-refractivity contribution is 5.88. The number of rotatable bonds is 1. The fourth-order valence-electron chi connectivity index (χ4n) is 2.32. The van der Waals surface area contributed by atoms with Crippen molar-refractivity contribution < 1.29 is 24.2 Å². The third kappa shape index (κ3) is 3.69. The van der Waals surface area contributed by atoms with Crippen molar-refractivity contribution in [3.05, 3.63) is 28.8 Å². The molecule has 0 aliphatic carbocycles. The fraction of sp³-hybridized carbons (Fsp3) is 0.500. The summed E-state index contributed by atoms with van der Waals surface area (Å²) in [6.07, 6.45) is -0.428. The molecule has 6 heteroatoms. The van der Waals surface area contributed by atoms with Gasteiger partial charge in [-0.1, -0.05) is 0 Å². The van der Waals surface area contributed by atoms with E-state index in [0.717, 1.165) is 5.56 Å². The van der Waals surface area contributed by atoms with Gasteiger partial charge in [0.05, 0.1) is 18.7 Å². The van der Waals surface area contributed by atoms with Crippen molar-refractivity contribution in [2.45, 2.75) is 39.8 Å². The average Bonchev–Trinajstić information content (AvgIpc) is 2.59. The zero-order valence-electron chi connectivity index (χ0n) is 13.3. The van der Waals surface area contributed by atoms with Crippen molar-refractivity contribution in [1.82, 2.24) is 4.90 Å². The quantitative estimate of drug-likeness (QED) is 0.863. The lowest BCUT2D eigenvalue weighted by Crippen LogP contribution is -2.37. The highest BCUT2D eigenvalue weighted by Gasteiger charge is 2.26. The van der Waals surface area contributed by atoms with E-state index in [-0.39, 0.29) is 12.1 Å². The number of ether oxygens (including phenoxy) is 2. The van der Waals surface area contributed by atoms with E-state index in [1.54, 1.807) is 39.8 Å². The molecule has 6 nitrogen and oxygen atoms in total. The van der Waals surface area contributed by atoms with Gasteiger partial charge < -0.3 is 19.5 Å². The van der Waals surface area contributed by atoms with Crippen LogP contribution in [0.4, 0.5) is 4.79 Å². The number of hydrogen-bond donors (Lipinski definition) is 1. The highest BCUT2D eigenvalue weighted by Crippen LogP contribution is 2.29. The third-order valence-electron chi connectivity index (χ3n) is 3.22. The molecule has 120 valence electrons. The summed E-state index contributed by atoms with van der Waals surface area (Å²) >= 11 is 0. The van der Waals surface area contributed by atoms with E-state index in [1.165, 1.54) is 4.90 Å². The van der Waals surface area contributed by atoms with Crippen LogP contribution < -0.4 is 4.74 Å². The standard InChI is InChI=1S/C16H21NO5/c1-10-7-11(14(18)19)8-12-9-17(5-6-21-13(10)12)15(20)22-16(2,3)4/h7-8H,5-6,9H2,1-4H3,(H,18,19). The zero-order chi connectivity index (χ0) is 16.5. The van der Waals surface area contributed by atoms with E-state index in [4.69, 9.17) is 14.6 Å². The van der Waals surface area contributed by atoms with Crippen molar-refractivity contribution in [2.75, 3.05) is 13.2 Å². The second-order valence-electron chi connectivity index (χ2n) is 6.34. The maximum absolute atomic E-state index is 12.2. The Morgan fingerprint density at radius 2 is 2.00 bits per heavy atom. The molecule has 0 atom stereocenters. The molecule has 0 aromatic heterocycles. The first kappa shape index (κ1) is 16.1. The molecule has 0 saturated carbocycles. The second-order valence-corrected chi connectivity index (χ2v) is 6.34. The van der Waals surface area contributed by atoms with Gasteiger partial charge in [-0.2, -0.15) is 0 Å². The lowest BCUT2D eigenvalue weighted by molar-refractivity contribution is 0.0225. The van der Waals surface area contributed by atoms with Crippen LogP contribution in [0.3, 0.4) is 0 Å². The summed E-state index contributed by atoms with van der Waals surface area (Å²) in [5.74, 6) is -0.352. The predicted octanol–water partition coefficient (Wildman–Crippen LogP) is 2.82. The van der Waals surface area contributed by atoms with Gasteiger partial charge in [0.25, 0.3) is 0 Å². The molecule has 1 N–H and O–H groups in total. The Morgan fingerprint density at radius 3 is 2.59 bits per heavy atom. The number of carbonyl (C=O) groups is 2. The number of aryl methyl sites for hydroxylation is 1. The van der Waals surface area contributed by atoms with E-state index in [9.17, 15) is 9.59 Å². The monoisotopic (exact) mass is 307 g/mol. The molecule has 0 bridgehead atoms. The van der Waals surface area contributed by atoms with Crippen LogP contribution in [0.1, 0.15) is 42.3 Å². The number of carboxylic acids is 1. The topological polar surface area (TPSA) is 76.1 Å². The Hall–Kier alpha value is -2.24. The molecule has 22 heavy (non-hydrogen) atoms. The van der Waals surface area contributed by atoms with Crippen molar-refractivity contribution >= 4 is 12.1 Å². The molecule has 0 saturated heterocycles. The molecular weight excluding hydrogens is 286 g/mol. The molecule has 1 amide bonds. The van der Waals surface area contributed by atoms with Crippen LogP contribution in [0.2, 0.25) is 0 Å². The summed E-state index contributed by atoms with van der Waals surface area (Å²) in [4.78, 5) is 24.9. The largest absolute Gasteiger partial charge is 0.491 e. The van der Waals surface area contributed by atoms with Crippen molar-refractivity contribution in [3.63, 3.8) is 0 Å². The van der Waals surface area contributed by atoms with Crippen molar-refractivity contribution in [1.29, 1.82) is 0 Å². The summed E-state index contributed by atoms with van der Waals surface area (Å²) in [5.41, 5.74) is 1.04. The average molecular weight is 307 g/mol. The van der Waals surface area contributed by atoms with E-state index in [0.29, 0.717) is 24.5 Å². The van der Waals surface area contributed by atoms with Gasteiger partial charge in [0.15, 0.2) is 0 Å². The second kappa shape index (κ2) is 5.87. The number of amides is 1. The number of carboxylic acid groups (broad SMARTS) is 1. The van der Waals surface area contributed by atoms with Gasteiger partial charge in [0, 0.05) is 5.56 Å². The smallest absolute Gasteiger partial charge is 0.410 e. The molecule has 0 fully saturated rings. The van der Waals surface area contributed by atoms with E-state index in [2.05, 4.69) is 0 Å². The summed E-state index contributed by atoms with van der Waals surface area (Å²) in [7, 11) is 0. The van der Waals surface area contributed by atoms with Gasteiger partial charge in [-0.15, -0.1) is 0 Å². The molecule has 1 aromatic carbocycles. The highest BCUT2D eigenvalue weighted by atomic mass is 16.6.